The number of fused-ring (bicyclic) bond motifs is 1. The van der Waals surface area contributed by atoms with Crippen LogP contribution < -0.4 is 5.56 Å². The molecule has 1 fully saturated rings. The molecule has 1 unspecified atom stereocenters. The lowest BCUT2D eigenvalue weighted by Gasteiger charge is -2.24. The van der Waals surface area contributed by atoms with Crippen LogP contribution >= 0.6 is 0 Å². The molecule has 3 rings (SSSR count). The molecule has 0 radical (unpaired) electrons. The molecular formula is C18H23N3O3. The molecule has 1 atom stereocenters. The fourth-order valence-corrected chi connectivity index (χ4v) is 3.14. The molecule has 128 valence electrons. The highest BCUT2D eigenvalue weighted by atomic mass is 16.5. The number of amides is 1. The summed E-state index contributed by atoms with van der Waals surface area (Å²) in [6, 6.07) is 5.52. The number of benzene rings is 1. The number of nitrogens with zero attached hydrogens (tertiary/aromatic N) is 3. The van der Waals surface area contributed by atoms with Gasteiger partial charge in [0.2, 0.25) is 5.91 Å². The highest BCUT2D eigenvalue weighted by molar-refractivity contribution is 5.81. The highest BCUT2D eigenvalue weighted by Crippen LogP contribution is 2.14. The van der Waals surface area contributed by atoms with Gasteiger partial charge in [0.15, 0.2) is 0 Å². The number of likely N-dealkylation sites (N-methyl/N-ethyl adjacent to an activating group) is 1. The van der Waals surface area contributed by atoms with Gasteiger partial charge in [-0.05, 0) is 31.9 Å². The van der Waals surface area contributed by atoms with E-state index in [0.29, 0.717) is 36.5 Å². The molecule has 1 aromatic carbocycles. The van der Waals surface area contributed by atoms with Crippen LogP contribution in [0.2, 0.25) is 0 Å². The molecule has 1 saturated heterocycles. The topological polar surface area (TPSA) is 64.4 Å². The number of aryl methyl sites for hydroxylation is 1. The van der Waals surface area contributed by atoms with Crippen molar-refractivity contribution in [2.45, 2.75) is 26.8 Å². The SMILES string of the molecule is CCN(CC1CCOC1)C(=O)Cn1cnc2c(C)cccc2c1=O. The number of hydrogen-bond donors (Lipinski definition) is 0. The van der Waals surface area contributed by atoms with Gasteiger partial charge in [0.05, 0.1) is 23.8 Å². The summed E-state index contributed by atoms with van der Waals surface area (Å²) in [5.41, 5.74) is 1.48. The van der Waals surface area contributed by atoms with Gasteiger partial charge in [0, 0.05) is 25.6 Å². The molecule has 0 N–H and O–H groups in total. The Morgan fingerprint density at radius 1 is 1.46 bits per heavy atom. The molecule has 0 saturated carbocycles. The lowest BCUT2D eigenvalue weighted by molar-refractivity contribution is -0.132. The molecule has 0 spiro atoms. The van der Waals surface area contributed by atoms with Crippen molar-refractivity contribution in [3.05, 3.63) is 40.4 Å². The fourth-order valence-electron chi connectivity index (χ4n) is 3.14. The van der Waals surface area contributed by atoms with Gasteiger partial charge in [-0.25, -0.2) is 4.98 Å². The summed E-state index contributed by atoms with van der Waals surface area (Å²) in [6.07, 6.45) is 2.46. The van der Waals surface area contributed by atoms with Gasteiger partial charge in [-0.15, -0.1) is 0 Å². The second-order valence-electron chi connectivity index (χ2n) is 6.31. The van der Waals surface area contributed by atoms with Crippen LogP contribution in [-0.4, -0.2) is 46.7 Å². The molecule has 24 heavy (non-hydrogen) atoms. The van der Waals surface area contributed by atoms with Crippen LogP contribution in [0.4, 0.5) is 0 Å². The predicted molar refractivity (Wildman–Crippen MR) is 91.9 cm³/mol. The van der Waals surface area contributed by atoms with E-state index in [1.165, 1.54) is 10.9 Å². The van der Waals surface area contributed by atoms with Crippen LogP contribution in [0.5, 0.6) is 0 Å². The van der Waals surface area contributed by atoms with Crippen LogP contribution in [0, 0.1) is 12.8 Å². The van der Waals surface area contributed by atoms with Crippen molar-refractivity contribution in [2.24, 2.45) is 5.92 Å². The van der Waals surface area contributed by atoms with E-state index in [1.54, 1.807) is 11.0 Å². The van der Waals surface area contributed by atoms with Crippen molar-refractivity contribution in [1.82, 2.24) is 14.5 Å². The third kappa shape index (κ3) is 3.33. The van der Waals surface area contributed by atoms with E-state index in [-0.39, 0.29) is 18.0 Å². The molecular weight excluding hydrogens is 306 g/mol. The standard InChI is InChI=1S/C18H23N3O3/c1-3-20(9-14-7-8-24-11-14)16(22)10-21-12-19-17-13(2)5-4-6-15(17)18(21)23/h4-6,12,14H,3,7-11H2,1-2H3. The minimum Gasteiger partial charge on any atom is -0.381 e. The summed E-state index contributed by atoms with van der Waals surface area (Å²) in [7, 11) is 0. The maximum absolute atomic E-state index is 12.6. The third-order valence-electron chi connectivity index (χ3n) is 4.60. The second-order valence-corrected chi connectivity index (χ2v) is 6.31. The van der Waals surface area contributed by atoms with Crippen molar-refractivity contribution in [3.8, 4) is 0 Å². The first kappa shape index (κ1) is 16.6. The van der Waals surface area contributed by atoms with Crippen LogP contribution in [0.25, 0.3) is 10.9 Å². The summed E-state index contributed by atoms with van der Waals surface area (Å²) in [6.45, 7) is 6.70. The first-order valence-electron chi connectivity index (χ1n) is 8.40. The van der Waals surface area contributed by atoms with Gasteiger partial charge in [-0.1, -0.05) is 12.1 Å². The Labute approximate surface area is 141 Å². The van der Waals surface area contributed by atoms with Crippen molar-refractivity contribution in [3.63, 3.8) is 0 Å². The molecule has 1 amide bonds. The number of aromatic nitrogens is 2. The Morgan fingerprint density at radius 3 is 3.00 bits per heavy atom. The maximum Gasteiger partial charge on any atom is 0.261 e. The number of para-hydroxylation sites is 1. The molecule has 1 aromatic heterocycles. The Hall–Kier alpha value is -2.21. The minimum atomic E-state index is -0.169. The first-order chi connectivity index (χ1) is 11.6. The maximum atomic E-state index is 12.6. The van der Waals surface area contributed by atoms with Crippen LogP contribution in [0.15, 0.2) is 29.3 Å². The van der Waals surface area contributed by atoms with Crippen LogP contribution in [-0.2, 0) is 16.1 Å². The molecule has 1 aliphatic heterocycles. The van der Waals surface area contributed by atoms with E-state index in [4.69, 9.17) is 4.74 Å². The largest absolute Gasteiger partial charge is 0.381 e. The first-order valence-corrected chi connectivity index (χ1v) is 8.40. The molecule has 2 heterocycles. The number of hydrogen-bond acceptors (Lipinski definition) is 4. The van der Waals surface area contributed by atoms with Crippen molar-refractivity contribution in [2.75, 3.05) is 26.3 Å². The summed E-state index contributed by atoms with van der Waals surface area (Å²) >= 11 is 0. The highest BCUT2D eigenvalue weighted by Gasteiger charge is 2.22. The molecule has 6 heteroatoms. The summed E-state index contributed by atoms with van der Waals surface area (Å²) in [5, 5.41) is 0.553. The Kier molecular flexibility index (Phi) is 4.94. The van der Waals surface area contributed by atoms with Gasteiger partial charge in [0.25, 0.3) is 5.56 Å². The number of carbonyl (C=O) groups is 1. The third-order valence-corrected chi connectivity index (χ3v) is 4.60. The quantitative estimate of drug-likeness (QED) is 0.836. The number of ether oxygens (including phenoxy) is 1. The smallest absolute Gasteiger partial charge is 0.261 e. The lowest BCUT2D eigenvalue weighted by Crippen LogP contribution is -2.39. The zero-order valence-electron chi connectivity index (χ0n) is 14.2. The molecule has 6 nitrogen and oxygen atoms in total. The van der Waals surface area contributed by atoms with Crippen LogP contribution in [0.3, 0.4) is 0 Å². The molecule has 1 aliphatic rings. The van der Waals surface area contributed by atoms with E-state index in [1.807, 2.05) is 26.0 Å². The number of rotatable bonds is 5. The van der Waals surface area contributed by atoms with E-state index in [2.05, 4.69) is 4.98 Å². The van der Waals surface area contributed by atoms with Gasteiger partial charge in [-0.3, -0.25) is 14.2 Å². The van der Waals surface area contributed by atoms with E-state index >= 15 is 0 Å². The molecule has 2 aromatic rings. The lowest BCUT2D eigenvalue weighted by atomic mass is 10.1. The fraction of sp³-hybridized carbons (Fsp3) is 0.500. The Balaban J connectivity index is 1.79. The zero-order valence-corrected chi connectivity index (χ0v) is 14.2. The molecule has 0 aliphatic carbocycles. The summed E-state index contributed by atoms with van der Waals surface area (Å²) in [4.78, 5) is 31.3. The van der Waals surface area contributed by atoms with Crippen molar-refractivity contribution >= 4 is 16.8 Å². The Bertz CT molecular complexity index is 794. The minimum absolute atomic E-state index is 0.0249. The zero-order chi connectivity index (χ0) is 17.1. The number of carbonyl (C=O) groups excluding carboxylic acids is 1. The summed E-state index contributed by atoms with van der Waals surface area (Å²) < 4.78 is 6.78. The normalized spacial score (nSPS) is 17.3. The monoisotopic (exact) mass is 329 g/mol. The van der Waals surface area contributed by atoms with Crippen molar-refractivity contribution in [1.29, 1.82) is 0 Å². The van der Waals surface area contributed by atoms with Crippen molar-refractivity contribution < 1.29 is 9.53 Å². The van der Waals surface area contributed by atoms with Gasteiger partial charge < -0.3 is 9.64 Å². The average Bonchev–Trinajstić information content (AvgIpc) is 3.09. The van der Waals surface area contributed by atoms with Gasteiger partial charge >= 0.3 is 0 Å². The summed E-state index contributed by atoms with van der Waals surface area (Å²) in [5.74, 6) is 0.336. The van der Waals surface area contributed by atoms with Gasteiger partial charge in [-0.2, -0.15) is 0 Å². The van der Waals surface area contributed by atoms with E-state index in [9.17, 15) is 9.59 Å². The van der Waals surface area contributed by atoms with Crippen LogP contribution in [0.1, 0.15) is 18.9 Å². The van der Waals surface area contributed by atoms with E-state index < -0.39 is 0 Å². The average molecular weight is 329 g/mol. The Morgan fingerprint density at radius 2 is 2.29 bits per heavy atom. The van der Waals surface area contributed by atoms with E-state index in [0.717, 1.165) is 18.6 Å². The molecule has 0 bridgehead atoms. The predicted octanol–water partition coefficient (Wildman–Crippen LogP) is 1.59. The second kappa shape index (κ2) is 7.13. The van der Waals surface area contributed by atoms with Gasteiger partial charge in [0.1, 0.15) is 6.54 Å².